The Morgan fingerprint density at radius 1 is 1.31 bits per heavy atom. The van der Waals surface area contributed by atoms with Gasteiger partial charge >= 0.3 is 0 Å². The molecule has 13 heavy (non-hydrogen) atoms. The molecule has 1 N–H and O–H groups in total. The first kappa shape index (κ1) is 10.6. The van der Waals surface area contributed by atoms with Gasteiger partial charge in [-0.1, -0.05) is 36.8 Å². The Bertz CT molecular complexity index is 243. The molecule has 1 unspecified atom stereocenters. The van der Waals surface area contributed by atoms with Crippen LogP contribution < -0.4 is 0 Å². The number of aryl methyl sites for hydroxylation is 1. The highest BCUT2D eigenvalue weighted by molar-refractivity contribution is 7.99. The van der Waals surface area contributed by atoms with Gasteiger partial charge in [0, 0.05) is 11.0 Å². The first-order valence-electron chi connectivity index (χ1n) is 4.50. The molecular formula is C11H16OS. The molecule has 0 aliphatic carbocycles. The number of rotatable bonds is 4. The molecule has 1 aromatic carbocycles. The second kappa shape index (κ2) is 5.30. The van der Waals surface area contributed by atoms with Crippen molar-refractivity contribution in [3.8, 4) is 0 Å². The van der Waals surface area contributed by atoms with E-state index in [2.05, 4.69) is 31.2 Å². The van der Waals surface area contributed by atoms with E-state index in [9.17, 15) is 0 Å². The van der Waals surface area contributed by atoms with E-state index in [0.717, 1.165) is 5.75 Å². The van der Waals surface area contributed by atoms with E-state index in [-0.39, 0.29) is 6.61 Å². The van der Waals surface area contributed by atoms with Gasteiger partial charge in [-0.3, -0.25) is 0 Å². The van der Waals surface area contributed by atoms with Crippen molar-refractivity contribution in [3.05, 3.63) is 35.4 Å². The molecule has 0 saturated heterocycles. The SMILES string of the molecule is Cc1ccc(CSC(C)CO)cc1. The zero-order valence-electron chi connectivity index (χ0n) is 8.16. The van der Waals surface area contributed by atoms with E-state index < -0.39 is 0 Å². The molecule has 0 aliphatic heterocycles. The second-order valence-electron chi connectivity index (χ2n) is 3.29. The molecule has 1 aromatic rings. The Hall–Kier alpha value is -0.470. The minimum absolute atomic E-state index is 0.260. The fourth-order valence-electron chi connectivity index (χ4n) is 0.975. The van der Waals surface area contributed by atoms with E-state index in [1.54, 1.807) is 11.8 Å². The van der Waals surface area contributed by atoms with Gasteiger partial charge in [-0.2, -0.15) is 11.8 Å². The van der Waals surface area contributed by atoms with E-state index >= 15 is 0 Å². The van der Waals surface area contributed by atoms with Crippen LogP contribution in [0.15, 0.2) is 24.3 Å². The Balaban J connectivity index is 2.41. The highest BCUT2D eigenvalue weighted by Gasteiger charge is 2.00. The zero-order valence-corrected chi connectivity index (χ0v) is 8.97. The van der Waals surface area contributed by atoms with Gasteiger partial charge < -0.3 is 5.11 Å². The van der Waals surface area contributed by atoms with Crippen LogP contribution in [0.1, 0.15) is 18.1 Å². The number of thioether (sulfide) groups is 1. The standard InChI is InChI=1S/C11H16OS/c1-9-3-5-11(6-4-9)8-13-10(2)7-12/h3-6,10,12H,7-8H2,1-2H3. The van der Waals surface area contributed by atoms with E-state index in [1.807, 2.05) is 6.92 Å². The topological polar surface area (TPSA) is 20.2 Å². The van der Waals surface area contributed by atoms with E-state index in [0.29, 0.717) is 5.25 Å². The first-order chi connectivity index (χ1) is 6.22. The van der Waals surface area contributed by atoms with Crippen molar-refractivity contribution in [2.75, 3.05) is 6.61 Å². The van der Waals surface area contributed by atoms with Crippen molar-refractivity contribution in [1.82, 2.24) is 0 Å². The molecule has 0 aromatic heterocycles. The van der Waals surface area contributed by atoms with Crippen LogP contribution in [-0.4, -0.2) is 17.0 Å². The third kappa shape index (κ3) is 3.83. The van der Waals surface area contributed by atoms with Crippen LogP contribution in [0.3, 0.4) is 0 Å². The molecule has 0 bridgehead atoms. The van der Waals surface area contributed by atoms with E-state index in [4.69, 9.17) is 5.11 Å². The van der Waals surface area contributed by atoms with Crippen LogP contribution in [0.4, 0.5) is 0 Å². The van der Waals surface area contributed by atoms with Crippen LogP contribution >= 0.6 is 11.8 Å². The average Bonchev–Trinajstić information content (AvgIpc) is 2.16. The lowest BCUT2D eigenvalue weighted by atomic mass is 10.2. The van der Waals surface area contributed by atoms with Gasteiger partial charge in [-0.05, 0) is 12.5 Å². The smallest absolute Gasteiger partial charge is 0.0547 e. The second-order valence-corrected chi connectivity index (χ2v) is 4.72. The molecule has 0 spiro atoms. The summed E-state index contributed by atoms with van der Waals surface area (Å²) in [6.45, 7) is 4.39. The number of aliphatic hydroxyl groups is 1. The molecule has 1 rings (SSSR count). The lowest BCUT2D eigenvalue weighted by molar-refractivity contribution is 0.300. The molecular weight excluding hydrogens is 180 g/mol. The van der Waals surface area contributed by atoms with Crippen LogP contribution in [0.25, 0.3) is 0 Å². The number of hydrogen-bond donors (Lipinski definition) is 1. The molecule has 2 heteroatoms. The molecule has 0 aliphatic rings. The van der Waals surface area contributed by atoms with Gasteiger partial charge in [0.15, 0.2) is 0 Å². The Morgan fingerprint density at radius 3 is 2.46 bits per heavy atom. The monoisotopic (exact) mass is 196 g/mol. The Kier molecular flexibility index (Phi) is 4.33. The highest BCUT2D eigenvalue weighted by atomic mass is 32.2. The average molecular weight is 196 g/mol. The molecule has 1 nitrogen and oxygen atoms in total. The van der Waals surface area contributed by atoms with Crippen LogP contribution in [-0.2, 0) is 5.75 Å². The summed E-state index contributed by atoms with van der Waals surface area (Å²) < 4.78 is 0. The third-order valence-electron chi connectivity index (χ3n) is 1.91. The van der Waals surface area contributed by atoms with E-state index in [1.165, 1.54) is 11.1 Å². The maximum atomic E-state index is 8.84. The lowest BCUT2D eigenvalue weighted by Crippen LogP contribution is -2.02. The fourth-order valence-corrected chi connectivity index (χ4v) is 1.75. The molecule has 0 saturated carbocycles. The van der Waals surface area contributed by atoms with Gasteiger partial charge in [0.1, 0.15) is 0 Å². The first-order valence-corrected chi connectivity index (χ1v) is 5.55. The minimum atomic E-state index is 0.260. The number of hydrogen-bond acceptors (Lipinski definition) is 2. The summed E-state index contributed by atoms with van der Waals surface area (Å²) in [5.74, 6) is 0.988. The molecule has 0 heterocycles. The Labute approximate surface area is 84.2 Å². The molecule has 72 valence electrons. The van der Waals surface area contributed by atoms with Crippen molar-refractivity contribution in [1.29, 1.82) is 0 Å². The van der Waals surface area contributed by atoms with Gasteiger partial charge in [0.25, 0.3) is 0 Å². The van der Waals surface area contributed by atoms with Gasteiger partial charge in [0.05, 0.1) is 6.61 Å². The lowest BCUT2D eigenvalue weighted by Gasteiger charge is -2.07. The number of benzene rings is 1. The van der Waals surface area contributed by atoms with Crippen molar-refractivity contribution in [3.63, 3.8) is 0 Å². The summed E-state index contributed by atoms with van der Waals surface area (Å²) >= 11 is 1.79. The molecule has 1 atom stereocenters. The summed E-state index contributed by atoms with van der Waals surface area (Å²) in [5.41, 5.74) is 2.62. The Morgan fingerprint density at radius 2 is 1.92 bits per heavy atom. The van der Waals surface area contributed by atoms with Gasteiger partial charge in [0.2, 0.25) is 0 Å². The molecule has 0 radical (unpaired) electrons. The summed E-state index contributed by atoms with van der Waals surface area (Å²) in [7, 11) is 0. The van der Waals surface area contributed by atoms with Crippen LogP contribution in [0.5, 0.6) is 0 Å². The van der Waals surface area contributed by atoms with Crippen molar-refractivity contribution >= 4 is 11.8 Å². The summed E-state index contributed by atoms with van der Waals surface area (Å²) in [5, 5.41) is 9.17. The molecule has 0 amide bonds. The van der Waals surface area contributed by atoms with Crippen LogP contribution in [0, 0.1) is 6.92 Å². The van der Waals surface area contributed by atoms with Crippen LogP contribution in [0.2, 0.25) is 0 Å². The normalized spacial score (nSPS) is 12.8. The third-order valence-corrected chi connectivity index (χ3v) is 3.13. The van der Waals surface area contributed by atoms with Gasteiger partial charge in [-0.15, -0.1) is 0 Å². The van der Waals surface area contributed by atoms with Crippen molar-refractivity contribution in [2.45, 2.75) is 24.9 Å². The fraction of sp³-hybridized carbons (Fsp3) is 0.455. The highest BCUT2D eigenvalue weighted by Crippen LogP contribution is 2.17. The largest absolute Gasteiger partial charge is 0.395 e. The summed E-state index contributed by atoms with van der Waals surface area (Å²) in [6.07, 6.45) is 0. The maximum Gasteiger partial charge on any atom is 0.0547 e. The summed E-state index contributed by atoms with van der Waals surface area (Å²) in [4.78, 5) is 0. The summed E-state index contributed by atoms with van der Waals surface area (Å²) in [6, 6.07) is 8.54. The quantitative estimate of drug-likeness (QED) is 0.798. The zero-order chi connectivity index (χ0) is 9.68. The number of aliphatic hydroxyl groups excluding tert-OH is 1. The predicted octanol–water partition coefficient (Wildman–Crippen LogP) is 2.61. The van der Waals surface area contributed by atoms with Crippen molar-refractivity contribution in [2.24, 2.45) is 0 Å². The van der Waals surface area contributed by atoms with Gasteiger partial charge in [-0.25, -0.2) is 0 Å². The minimum Gasteiger partial charge on any atom is -0.395 e. The maximum absolute atomic E-state index is 8.84. The predicted molar refractivity (Wildman–Crippen MR) is 59.0 cm³/mol. The molecule has 0 fully saturated rings. The van der Waals surface area contributed by atoms with Crippen molar-refractivity contribution < 1.29 is 5.11 Å².